The molecule has 2 saturated heterocycles. The van der Waals surface area contributed by atoms with Crippen molar-refractivity contribution in [3.8, 4) is 5.75 Å². The molecule has 1 spiro atoms. The van der Waals surface area contributed by atoms with E-state index in [9.17, 15) is 18.0 Å². The van der Waals surface area contributed by atoms with E-state index in [0.717, 1.165) is 0 Å². The largest absolute Gasteiger partial charge is 0.497 e. The summed E-state index contributed by atoms with van der Waals surface area (Å²) < 4.78 is 32.7. The Bertz CT molecular complexity index is 1090. The minimum Gasteiger partial charge on any atom is -0.497 e. The second kappa shape index (κ2) is 7.68. The van der Waals surface area contributed by atoms with Gasteiger partial charge in [-0.15, -0.1) is 0 Å². The summed E-state index contributed by atoms with van der Waals surface area (Å²) in [6.07, 6.45) is 0.289. The maximum Gasteiger partial charge on any atom is 0.243 e. The van der Waals surface area contributed by atoms with Gasteiger partial charge in [0, 0.05) is 36.8 Å². The molecule has 2 aliphatic heterocycles. The Morgan fingerprint density at radius 1 is 1.00 bits per heavy atom. The van der Waals surface area contributed by atoms with Crippen molar-refractivity contribution in [2.24, 2.45) is 5.41 Å². The van der Waals surface area contributed by atoms with E-state index in [2.05, 4.69) is 0 Å². The Morgan fingerprint density at radius 2 is 1.67 bits per heavy atom. The average Bonchev–Trinajstić information content (AvgIpc) is 3.07. The van der Waals surface area contributed by atoms with Crippen LogP contribution in [-0.4, -0.2) is 51.2 Å². The van der Waals surface area contributed by atoms with Crippen molar-refractivity contribution in [1.29, 1.82) is 0 Å². The molecule has 2 aromatic rings. The summed E-state index contributed by atoms with van der Waals surface area (Å²) in [5.41, 5.74) is -0.707. The molecule has 158 valence electrons. The van der Waals surface area contributed by atoms with Crippen LogP contribution in [0.4, 0.5) is 5.69 Å². The molecule has 0 bridgehead atoms. The van der Waals surface area contributed by atoms with Gasteiger partial charge in [-0.05, 0) is 55.0 Å². The maximum absolute atomic E-state index is 13.3. The van der Waals surface area contributed by atoms with Gasteiger partial charge >= 0.3 is 0 Å². The molecule has 1 amide bonds. The molecule has 4 rings (SSSR count). The summed E-state index contributed by atoms with van der Waals surface area (Å²) in [7, 11) is -2.35. The van der Waals surface area contributed by atoms with E-state index in [1.165, 1.54) is 28.4 Å². The van der Waals surface area contributed by atoms with Crippen LogP contribution in [0.3, 0.4) is 0 Å². The van der Waals surface area contributed by atoms with Gasteiger partial charge in [-0.2, -0.15) is 4.31 Å². The van der Waals surface area contributed by atoms with Crippen LogP contribution in [0, 0.1) is 5.41 Å². The number of hydrogen-bond donors (Lipinski definition) is 0. The number of carbonyl (C=O) groups is 2. The third-order valence-corrected chi connectivity index (χ3v) is 7.93. The highest BCUT2D eigenvalue weighted by molar-refractivity contribution is 7.89. The van der Waals surface area contributed by atoms with E-state index >= 15 is 0 Å². The third-order valence-electron chi connectivity index (χ3n) is 5.82. The zero-order valence-corrected chi connectivity index (χ0v) is 17.9. The second-order valence-electron chi connectivity index (χ2n) is 7.45. The number of halogens is 1. The fourth-order valence-electron chi connectivity index (χ4n) is 4.08. The third kappa shape index (κ3) is 3.38. The van der Waals surface area contributed by atoms with Crippen molar-refractivity contribution in [3.63, 3.8) is 0 Å². The number of carbonyl (C=O) groups excluding carboxylic acids is 2. The van der Waals surface area contributed by atoms with Gasteiger partial charge < -0.3 is 9.64 Å². The molecule has 1 unspecified atom stereocenters. The molecule has 2 heterocycles. The molecule has 0 aliphatic carbocycles. The Balaban J connectivity index is 1.62. The van der Waals surface area contributed by atoms with Crippen LogP contribution in [0.25, 0.3) is 0 Å². The Labute approximate surface area is 180 Å². The van der Waals surface area contributed by atoms with Gasteiger partial charge in [0.05, 0.1) is 12.0 Å². The quantitative estimate of drug-likeness (QED) is 0.671. The maximum atomic E-state index is 13.3. The number of anilines is 1. The first-order valence-corrected chi connectivity index (χ1v) is 11.3. The van der Waals surface area contributed by atoms with Gasteiger partial charge in [-0.3, -0.25) is 9.59 Å². The number of amides is 1. The van der Waals surface area contributed by atoms with Crippen LogP contribution in [0.2, 0.25) is 5.02 Å². The minimum atomic E-state index is -3.85. The van der Waals surface area contributed by atoms with Gasteiger partial charge in [-0.1, -0.05) is 11.6 Å². The van der Waals surface area contributed by atoms with Crippen LogP contribution >= 0.6 is 11.6 Å². The summed E-state index contributed by atoms with van der Waals surface area (Å²) >= 11 is 5.93. The first-order valence-electron chi connectivity index (χ1n) is 9.53. The average molecular weight is 449 g/mol. The van der Waals surface area contributed by atoms with Crippen molar-refractivity contribution >= 4 is 39.0 Å². The smallest absolute Gasteiger partial charge is 0.243 e. The summed E-state index contributed by atoms with van der Waals surface area (Å²) in [6.45, 7) is 0.259. The minimum absolute atomic E-state index is 0.00951. The highest BCUT2D eigenvalue weighted by atomic mass is 35.5. The zero-order chi connectivity index (χ0) is 21.5. The normalized spacial score (nSPS) is 22.7. The predicted octanol–water partition coefficient (Wildman–Crippen LogP) is 2.74. The fraction of sp³-hybridized carbons (Fsp3) is 0.333. The van der Waals surface area contributed by atoms with Gasteiger partial charge in [0.1, 0.15) is 11.2 Å². The van der Waals surface area contributed by atoms with Crippen LogP contribution < -0.4 is 9.64 Å². The van der Waals surface area contributed by atoms with Crippen LogP contribution in [0.5, 0.6) is 5.75 Å². The summed E-state index contributed by atoms with van der Waals surface area (Å²) in [6, 6.07) is 12.9. The Hall–Kier alpha value is -2.42. The second-order valence-corrected chi connectivity index (χ2v) is 9.83. The van der Waals surface area contributed by atoms with Gasteiger partial charge in [0.2, 0.25) is 15.9 Å². The number of sulfonamides is 1. The lowest BCUT2D eigenvalue weighted by atomic mass is 9.78. The van der Waals surface area contributed by atoms with Crippen LogP contribution in [0.15, 0.2) is 53.4 Å². The summed E-state index contributed by atoms with van der Waals surface area (Å²) in [5, 5.41) is 0.547. The van der Waals surface area contributed by atoms with Crippen molar-refractivity contribution in [2.75, 3.05) is 31.6 Å². The van der Waals surface area contributed by atoms with Gasteiger partial charge in [0.15, 0.2) is 5.78 Å². The van der Waals surface area contributed by atoms with E-state index in [4.69, 9.17) is 16.3 Å². The molecule has 2 fully saturated rings. The Morgan fingerprint density at radius 3 is 2.30 bits per heavy atom. The molecule has 30 heavy (non-hydrogen) atoms. The lowest BCUT2D eigenvalue weighted by Crippen LogP contribution is -2.54. The number of Topliss-reactive ketones (excluding diaryl/α,β-unsaturated/α-hetero) is 1. The van der Waals surface area contributed by atoms with Crippen LogP contribution in [0.1, 0.15) is 12.8 Å². The number of methoxy groups -OCH3 is 1. The monoisotopic (exact) mass is 448 g/mol. The SMILES string of the molecule is COc1ccc(S(=O)(=O)N2CCC(=O)C3(CCN(c4ccc(Cl)cc4)C3=O)C2)cc1. The fourth-order valence-corrected chi connectivity index (χ4v) is 5.70. The first kappa shape index (κ1) is 20.8. The molecule has 0 N–H and O–H groups in total. The van der Waals surface area contributed by atoms with Crippen molar-refractivity contribution in [2.45, 2.75) is 17.7 Å². The van der Waals surface area contributed by atoms with E-state index in [0.29, 0.717) is 23.0 Å². The highest BCUT2D eigenvalue weighted by Crippen LogP contribution is 2.41. The molecule has 1 atom stereocenters. The lowest BCUT2D eigenvalue weighted by molar-refractivity contribution is -0.141. The number of piperidine rings is 1. The molecule has 2 aliphatic rings. The molecule has 0 radical (unpaired) electrons. The number of benzene rings is 2. The number of ketones is 1. The standard InChI is InChI=1S/C21H21ClN2O5S/c1-29-17-6-8-18(9-7-17)30(27,28)23-12-10-19(25)21(14-23)11-13-24(20(21)26)16-4-2-15(22)3-5-16/h2-9H,10-14H2,1H3. The molecule has 2 aromatic carbocycles. The van der Waals surface area contributed by atoms with Crippen molar-refractivity contribution < 1.29 is 22.7 Å². The van der Waals surface area contributed by atoms with E-state index in [1.54, 1.807) is 36.4 Å². The molecule has 9 heteroatoms. The highest BCUT2D eigenvalue weighted by Gasteiger charge is 2.56. The first-order chi connectivity index (χ1) is 14.3. The van der Waals surface area contributed by atoms with E-state index in [-0.39, 0.29) is 42.5 Å². The summed E-state index contributed by atoms with van der Waals surface area (Å²) in [5.74, 6) is -0.0154. The number of nitrogens with zero attached hydrogens (tertiary/aromatic N) is 2. The lowest BCUT2D eigenvalue weighted by Gasteiger charge is -2.37. The van der Waals surface area contributed by atoms with E-state index < -0.39 is 15.4 Å². The van der Waals surface area contributed by atoms with Crippen LogP contribution in [-0.2, 0) is 19.6 Å². The molecule has 0 saturated carbocycles. The van der Waals surface area contributed by atoms with E-state index in [1.807, 2.05) is 0 Å². The molecule has 0 aromatic heterocycles. The number of hydrogen-bond acceptors (Lipinski definition) is 5. The van der Waals surface area contributed by atoms with Gasteiger partial charge in [-0.25, -0.2) is 8.42 Å². The number of rotatable bonds is 4. The molecular formula is C21H21ClN2O5S. The molecular weight excluding hydrogens is 428 g/mol. The summed E-state index contributed by atoms with van der Waals surface area (Å²) in [4.78, 5) is 27.8. The Kier molecular flexibility index (Phi) is 5.34. The van der Waals surface area contributed by atoms with Crippen molar-refractivity contribution in [3.05, 3.63) is 53.6 Å². The van der Waals surface area contributed by atoms with Gasteiger partial charge in [0.25, 0.3) is 0 Å². The topological polar surface area (TPSA) is 84.0 Å². The predicted molar refractivity (Wildman–Crippen MR) is 112 cm³/mol. The zero-order valence-electron chi connectivity index (χ0n) is 16.4. The molecule has 7 nitrogen and oxygen atoms in total. The van der Waals surface area contributed by atoms with Crippen molar-refractivity contribution in [1.82, 2.24) is 4.31 Å². The number of ether oxygens (including phenoxy) is 1.